The molecule has 2 rings (SSSR count). The molecule has 0 aromatic heterocycles. The summed E-state index contributed by atoms with van der Waals surface area (Å²) in [7, 11) is 1.62. The normalized spacial score (nSPS) is 19.1. The Bertz CT molecular complexity index is 472. The van der Waals surface area contributed by atoms with Crippen molar-refractivity contribution in [2.45, 2.75) is 26.3 Å². The molecule has 21 heavy (non-hydrogen) atoms. The highest BCUT2D eigenvalue weighted by Gasteiger charge is 2.27. The number of ether oxygens (including phenoxy) is 1. The summed E-state index contributed by atoms with van der Waals surface area (Å²) in [6.45, 7) is 9.08. The fourth-order valence-corrected chi connectivity index (χ4v) is 3.08. The zero-order valence-electron chi connectivity index (χ0n) is 13.3. The van der Waals surface area contributed by atoms with Gasteiger partial charge < -0.3 is 4.74 Å². The summed E-state index contributed by atoms with van der Waals surface area (Å²) in [5.41, 5.74) is 0.737. The third-order valence-corrected chi connectivity index (χ3v) is 4.34. The predicted molar refractivity (Wildman–Crippen MR) is 85.1 cm³/mol. The second-order valence-corrected chi connectivity index (χ2v) is 5.55. The fraction of sp³-hybridized carbons (Fsp3) is 0.588. The number of carbonyl (C=O) groups excluding carboxylic acids is 1. The van der Waals surface area contributed by atoms with E-state index in [0.717, 1.165) is 43.9 Å². The van der Waals surface area contributed by atoms with E-state index in [1.54, 1.807) is 7.11 Å². The van der Waals surface area contributed by atoms with E-state index in [1.165, 1.54) is 0 Å². The number of likely N-dealkylation sites (N-methyl/N-ethyl adjacent to an activating group) is 1. The summed E-state index contributed by atoms with van der Waals surface area (Å²) in [5, 5.41) is 0. The first-order valence-electron chi connectivity index (χ1n) is 7.81. The molecule has 1 unspecified atom stereocenters. The lowest BCUT2D eigenvalue weighted by molar-refractivity contribution is 0.0939. The van der Waals surface area contributed by atoms with Gasteiger partial charge in [-0.05, 0) is 31.6 Å². The summed E-state index contributed by atoms with van der Waals surface area (Å²) in [5.74, 6) is 0.914. The Kier molecular flexibility index (Phi) is 5.76. The standard InChI is InChI=1S/C17H26N2O2/c1-4-19(5-2)15-9-10-18(12-15)13-17(20)14-7-6-8-16(11-14)21-3/h6-8,11,15H,4-5,9-10,12-13H2,1-3H3. The van der Waals surface area contributed by atoms with Gasteiger partial charge in [-0.25, -0.2) is 0 Å². The molecule has 1 heterocycles. The largest absolute Gasteiger partial charge is 0.497 e. The Morgan fingerprint density at radius 1 is 1.38 bits per heavy atom. The van der Waals surface area contributed by atoms with Crippen LogP contribution in [0.5, 0.6) is 5.75 Å². The van der Waals surface area contributed by atoms with Crippen LogP contribution in [-0.2, 0) is 0 Å². The number of methoxy groups -OCH3 is 1. The van der Waals surface area contributed by atoms with Crippen molar-refractivity contribution in [1.29, 1.82) is 0 Å². The van der Waals surface area contributed by atoms with Crippen molar-refractivity contribution >= 4 is 5.78 Å². The molecule has 1 aromatic rings. The Balaban J connectivity index is 1.92. The van der Waals surface area contributed by atoms with Crippen LogP contribution in [0.3, 0.4) is 0 Å². The predicted octanol–water partition coefficient (Wildman–Crippen LogP) is 2.29. The number of carbonyl (C=O) groups is 1. The Morgan fingerprint density at radius 3 is 2.81 bits per heavy atom. The van der Waals surface area contributed by atoms with Gasteiger partial charge in [-0.2, -0.15) is 0 Å². The van der Waals surface area contributed by atoms with E-state index in [2.05, 4.69) is 23.6 Å². The van der Waals surface area contributed by atoms with E-state index in [1.807, 2.05) is 24.3 Å². The van der Waals surface area contributed by atoms with Gasteiger partial charge in [0.25, 0.3) is 0 Å². The quantitative estimate of drug-likeness (QED) is 0.721. The molecule has 0 radical (unpaired) electrons. The molecule has 0 N–H and O–H groups in total. The molecule has 4 nitrogen and oxygen atoms in total. The average molecular weight is 290 g/mol. The molecule has 1 aliphatic heterocycles. The number of Topliss-reactive ketones (excluding diaryl/α,β-unsaturated/α-hetero) is 1. The maximum absolute atomic E-state index is 12.4. The summed E-state index contributed by atoms with van der Waals surface area (Å²) < 4.78 is 5.18. The van der Waals surface area contributed by atoms with Crippen LogP contribution in [0.1, 0.15) is 30.6 Å². The molecular weight excluding hydrogens is 264 g/mol. The first-order valence-corrected chi connectivity index (χ1v) is 7.81. The van der Waals surface area contributed by atoms with Gasteiger partial charge in [0.1, 0.15) is 5.75 Å². The Labute approximate surface area is 127 Å². The van der Waals surface area contributed by atoms with E-state index < -0.39 is 0 Å². The van der Waals surface area contributed by atoms with Gasteiger partial charge in [-0.1, -0.05) is 26.0 Å². The smallest absolute Gasteiger partial charge is 0.176 e. The topological polar surface area (TPSA) is 32.8 Å². The van der Waals surface area contributed by atoms with Crippen molar-refractivity contribution in [3.05, 3.63) is 29.8 Å². The third kappa shape index (κ3) is 4.05. The van der Waals surface area contributed by atoms with Gasteiger partial charge in [0.05, 0.1) is 13.7 Å². The van der Waals surface area contributed by atoms with Crippen molar-refractivity contribution < 1.29 is 9.53 Å². The summed E-state index contributed by atoms with van der Waals surface area (Å²) in [6.07, 6.45) is 1.16. The lowest BCUT2D eigenvalue weighted by atomic mass is 10.1. The minimum atomic E-state index is 0.175. The molecule has 1 aliphatic rings. The molecule has 1 saturated heterocycles. The Morgan fingerprint density at radius 2 is 2.14 bits per heavy atom. The molecule has 0 aliphatic carbocycles. The minimum Gasteiger partial charge on any atom is -0.497 e. The molecule has 0 spiro atoms. The van der Waals surface area contributed by atoms with Gasteiger partial charge in [0.2, 0.25) is 0 Å². The van der Waals surface area contributed by atoms with Crippen LogP contribution in [0.15, 0.2) is 24.3 Å². The number of rotatable bonds is 7. The van der Waals surface area contributed by atoms with Crippen LogP contribution in [-0.4, -0.2) is 61.5 Å². The lowest BCUT2D eigenvalue weighted by Crippen LogP contribution is -2.38. The van der Waals surface area contributed by atoms with Crippen molar-refractivity contribution in [3.63, 3.8) is 0 Å². The molecule has 0 amide bonds. The molecule has 4 heteroatoms. The first kappa shape index (κ1) is 16.0. The minimum absolute atomic E-state index is 0.175. The van der Waals surface area contributed by atoms with E-state index >= 15 is 0 Å². The van der Waals surface area contributed by atoms with E-state index in [-0.39, 0.29) is 5.78 Å². The van der Waals surface area contributed by atoms with Crippen LogP contribution < -0.4 is 4.74 Å². The highest BCUT2D eigenvalue weighted by molar-refractivity contribution is 5.97. The van der Waals surface area contributed by atoms with Crippen molar-refractivity contribution in [2.75, 3.05) is 39.8 Å². The van der Waals surface area contributed by atoms with Crippen LogP contribution >= 0.6 is 0 Å². The molecule has 1 aromatic carbocycles. The van der Waals surface area contributed by atoms with Crippen LogP contribution in [0.4, 0.5) is 0 Å². The number of ketones is 1. The number of hydrogen-bond donors (Lipinski definition) is 0. The molecule has 1 fully saturated rings. The van der Waals surface area contributed by atoms with E-state index in [0.29, 0.717) is 12.6 Å². The number of hydrogen-bond acceptors (Lipinski definition) is 4. The van der Waals surface area contributed by atoms with E-state index in [4.69, 9.17) is 4.74 Å². The van der Waals surface area contributed by atoms with Crippen LogP contribution in [0.25, 0.3) is 0 Å². The first-order chi connectivity index (χ1) is 10.2. The van der Waals surface area contributed by atoms with E-state index in [9.17, 15) is 4.79 Å². The molecule has 0 bridgehead atoms. The fourth-order valence-electron chi connectivity index (χ4n) is 3.08. The van der Waals surface area contributed by atoms with Gasteiger partial charge in [0.15, 0.2) is 5.78 Å². The van der Waals surface area contributed by atoms with Crippen molar-refractivity contribution in [1.82, 2.24) is 9.80 Å². The summed E-state index contributed by atoms with van der Waals surface area (Å²) >= 11 is 0. The van der Waals surface area contributed by atoms with Gasteiger partial charge in [-0.3, -0.25) is 14.6 Å². The van der Waals surface area contributed by atoms with Crippen molar-refractivity contribution in [2.24, 2.45) is 0 Å². The zero-order valence-corrected chi connectivity index (χ0v) is 13.3. The highest BCUT2D eigenvalue weighted by atomic mass is 16.5. The maximum Gasteiger partial charge on any atom is 0.176 e. The van der Waals surface area contributed by atoms with Crippen LogP contribution in [0, 0.1) is 0 Å². The molecule has 116 valence electrons. The van der Waals surface area contributed by atoms with Gasteiger partial charge >= 0.3 is 0 Å². The SMILES string of the molecule is CCN(CC)C1CCN(CC(=O)c2cccc(OC)c2)C1. The second kappa shape index (κ2) is 7.57. The third-order valence-electron chi connectivity index (χ3n) is 4.34. The van der Waals surface area contributed by atoms with Crippen LogP contribution in [0.2, 0.25) is 0 Å². The monoisotopic (exact) mass is 290 g/mol. The zero-order chi connectivity index (χ0) is 15.2. The van der Waals surface area contributed by atoms with Gasteiger partial charge in [-0.15, -0.1) is 0 Å². The number of benzene rings is 1. The summed E-state index contributed by atoms with van der Waals surface area (Å²) in [6, 6.07) is 8.01. The Hall–Kier alpha value is -1.39. The maximum atomic E-state index is 12.4. The second-order valence-electron chi connectivity index (χ2n) is 5.55. The molecule has 0 saturated carbocycles. The lowest BCUT2D eigenvalue weighted by Gasteiger charge is -2.26. The summed E-state index contributed by atoms with van der Waals surface area (Å²) in [4.78, 5) is 17.1. The highest BCUT2D eigenvalue weighted by Crippen LogP contribution is 2.17. The number of likely N-dealkylation sites (tertiary alicyclic amines) is 1. The molecule has 1 atom stereocenters. The van der Waals surface area contributed by atoms with Gasteiger partial charge in [0, 0.05) is 24.7 Å². The number of nitrogens with zero attached hydrogens (tertiary/aromatic N) is 2. The average Bonchev–Trinajstić information content (AvgIpc) is 2.97. The molecular formula is C17H26N2O2. The van der Waals surface area contributed by atoms with Crippen molar-refractivity contribution in [3.8, 4) is 5.75 Å².